The van der Waals surface area contributed by atoms with Gasteiger partial charge in [-0.3, -0.25) is 4.99 Å². The largest absolute Gasteiger partial charge is 0.496 e. The average molecular weight is 428 g/mol. The van der Waals surface area contributed by atoms with E-state index in [-0.39, 0.29) is 6.10 Å². The molecule has 0 spiro atoms. The Balaban J connectivity index is 1.65. The minimum absolute atomic E-state index is 0.0373. The molecule has 0 aliphatic carbocycles. The first kappa shape index (κ1) is 22.7. The van der Waals surface area contributed by atoms with E-state index in [1.54, 1.807) is 21.3 Å². The standard InChI is InChI=1S/C24H33N3O4/c1-17-8-6-7-9-19(17)23-16-27(12-13-31-23)24(25-2)26-11-10-20-21(29-4)14-18(28-3)15-22(20)30-5/h6-9,14-15,23H,10-13,16H2,1-5H3,(H,25,26). The van der Waals surface area contributed by atoms with Gasteiger partial charge in [0, 0.05) is 37.8 Å². The van der Waals surface area contributed by atoms with E-state index in [1.807, 2.05) is 19.2 Å². The number of hydrogen-bond donors (Lipinski definition) is 1. The van der Waals surface area contributed by atoms with Crippen molar-refractivity contribution in [3.05, 3.63) is 53.1 Å². The SMILES string of the molecule is CN=C(NCCc1c(OC)cc(OC)cc1OC)N1CCOC(c2ccccc2C)C1. The average Bonchev–Trinajstić information content (AvgIpc) is 2.81. The predicted octanol–water partition coefficient (Wildman–Crippen LogP) is 3.21. The highest BCUT2D eigenvalue weighted by atomic mass is 16.5. The number of guanidine groups is 1. The maximum Gasteiger partial charge on any atom is 0.193 e. The number of morpholine rings is 1. The van der Waals surface area contributed by atoms with Crippen LogP contribution in [0.3, 0.4) is 0 Å². The van der Waals surface area contributed by atoms with Crippen molar-refractivity contribution in [2.75, 3.05) is 54.6 Å². The van der Waals surface area contributed by atoms with E-state index in [0.29, 0.717) is 18.9 Å². The summed E-state index contributed by atoms with van der Waals surface area (Å²) in [6.45, 7) is 5.05. The Morgan fingerprint density at radius 1 is 1.13 bits per heavy atom. The monoisotopic (exact) mass is 427 g/mol. The van der Waals surface area contributed by atoms with Crippen LogP contribution in [0.2, 0.25) is 0 Å². The Kier molecular flexibility index (Phi) is 8.00. The van der Waals surface area contributed by atoms with Crippen molar-refractivity contribution in [3.63, 3.8) is 0 Å². The Bertz CT molecular complexity index is 875. The van der Waals surface area contributed by atoms with Crippen LogP contribution in [0.15, 0.2) is 41.4 Å². The summed E-state index contributed by atoms with van der Waals surface area (Å²) < 4.78 is 22.5. The fourth-order valence-electron chi connectivity index (χ4n) is 3.93. The number of methoxy groups -OCH3 is 3. The van der Waals surface area contributed by atoms with Gasteiger partial charge in [0.2, 0.25) is 0 Å². The lowest BCUT2D eigenvalue weighted by atomic mass is 10.0. The summed E-state index contributed by atoms with van der Waals surface area (Å²) in [5.41, 5.74) is 3.47. The minimum atomic E-state index is 0.0373. The number of ether oxygens (including phenoxy) is 4. The van der Waals surface area contributed by atoms with Crippen molar-refractivity contribution >= 4 is 5.96 Å². The van der Waals surface area contributed by atoms with Crippen molar-refractivity contribution < 1.29 is 18.9 Å². The molecule has 1 N–H and O–H groups in total. The topological polar surface area (TPSA) is 64.6 Å². The summed E-state index contributed by atoms with van der Waals surface area (Å²) in [6, 6.07) is 12.1. The number of aliphatic imine (C=N–C) groups is 1. The van der Waals surface area contributed by atoms with Gasteiger partial charge in [-0.25, -0.2) is 0 Å². The molecule has 31 heavy (non-hydrogen) atoms. The highest BCUT2D eigenvalue weighted by molar-refractivity contribution is 5.80. The van der Waals surface area contributed by atoms with Crippen molar-refractivity contribution in [3.8, 4) is 17.2 Å². The second-order valence-electron chi connectivity index (χ2n) is 7.40. The number of hydrogen-bond acceptors (Lipinski definition) is 5. The Morgan fingerprint density at radius 2 is 1.84 bits per heavy atom. The second-order valence-corrected chi connectivity index (χ2v) is 7.40. The molecule has 1 saturated heterocycles. The molecule has 168 valence electrons. The van der Waals surface area contributed by atoms with Crippen LogP contribution in [0.25, 0.3) is 0 Å². The molecule has 2 aromatic carbocycles. The molecule has 0 radical (unpaired) electrons. The highest BCUT2D eigenvalue weighted by Crippen LogP contribution is 2.34. The molecule has 0 saturated carbocycles. The molecule has 0 amide bonds. The predicted molar refractivity (Wildman–Crippen MR) is 123 cm³/mol. The van der Waals surface area contributed by atoms with Crippen LogP contribution in [0.1, 0.15) is 22.8 Å². The number of nitrogens with zero attached hydrogens (tertiary/aromatic N) is 2. The lowest BCUT2D eigenvalue weighted by Crippen LogP contribution is -2.48. The molecular formula is C24H33N3O4. The Morgan fingerprint density at radius 3 is 2.45 bits per heavy atom. The molecule has 3 rings (SSSR count). The first-order chi connectivity index (χ1) is 15.1. The van der Waals surface area contributed by atoms with Gasteiger partial charge in [0.1, 0.15) is 23.4 Å². The molecule has 2 aromatic rings. The molecule has 7 nitrogen and oxygen atoms in total. The van der Waals surface area contributed by atoms with Crippen LogP contribution >= 0.6 is 0 Å². The fraction of sp³-hybridized carbons (Fsp3) is 0.458. The van der Waals surface area contributed by atoms with Gasteiger partial charge in [-0.15, -0.1) is 0 Å². The first-order valence-electron chi connectivity index (χ1n) is 10.5. The molecule has 0 aromatic heterocycles. The zero-order valence-electron chi connectivity index (χ0n) is 19.1. The van der Waals surface area contributed by atoms with Crippen LogP contribution in [-0.4, -0.2) is 65.5 Å². The van der Waals surface area contributed by atoms with Crippen molar-refractivity contribution in [2.24, 2.45) is 4.99 Å². The van der Waals surface area contributed by atoms with Gasteiger partial charge < -0.3 is 29.2 Å². The minimum Gasteiger partial charge on any atom is -0.496 e. The summed E-state index contributed by atoms with van der Waals surface area (Å²) in [5.74, 6) is 3.07. The number of benzene rings is 2. The van der Waals surface area contributed by atoms with Gasteiger partial charge in [0.25, 0.3) is 0 Å². The van der Waals surface area contributed by atoms with E-state index < -0.39 is 0 Å². The van der Waals surface area contributed by atoms with Gasteiger partial charge >= 0.3 is 0 Å². The summed E-state index contributed by atoms with van der Waals surface area (Å²) in [6.07, 6.45) is 0.760. The zero-order chi connectivity index (χ0) is 22.2. The lowest BCUT2D eigenvalue weighted by molar-refractivity contribution is -0.00829. The third-order valence-corrected chi connectivity index (χ3v) is 5.59. The van der Waals surface area contributed by atoms with Gasteiger partial charge in [0.15, 0.2) is 5.96 Å². The molecule has 1 aliphatic rings. The molecule has 1 atom stereocenters. The molecule has 1 heterocycles. The van der Waals surface area contributed by atoms with E-state index in [2.05, 4.69) is 46.4 Å². The zero-order valence-corrected chi connectivity index (χ0v) is 19.1. The molecule has 1 aliphatic heterocycles. The van der Waals surface area contributed by atoms with Gasteiger partial charge in [-0.05, 0) is 24.5 Å². The number of rotatable bonds is 7. The maximum absolute atomic E-state index is 6.06. The van der Waals surface area contributed by atoms with E-state index >= 15 is 0 Å². The lowest BCUT2D eigenvalue weighted by Gasteiger charge is -2.35. The van der Waals surface area contributed by atoms with Gasteiger partial charge in [0.05, 0.1) is 34.5 Å². The Labute approximate surface area is 185 Å². The van der Waals surface area contributed by atoms with Crippen LogP contribution in [0, 0.1) is 6.92 Å². The second kappa shape index (κ2) is 10.9. The third kappa shape index (κ3) is 5.41. The molecular weight excluding hydrogens is 394 g/mol. The number of aryl methyl sites for hydroxylation is 1. The van der Waals surface area contributed by atoms with E-state index in [9.17, 15) is 0 Å². The van der Waals surface area contributed by atoms with Gasteiger partial charge in [-0.2, -0.15) is 0 Å². The number of nitrogens with one attached hydrogen (secondary N) is 1. The molecule has 1 unspecified atom stereocenters. The van der Waals surface area contributed by atoms with E-state index in [0.717, 1.165) is 42.5 Å². The van der Waals surface area contributed by atoms with Crippen LogP contribution in [0.5, 0.6) is 17.2 Å². The fourth-order valence-corrected chi connectivity index (χ4v) is 3.93. The Hall–Kier alpha value is -2.93. The maximum atomic E-state index is 6.06. The summed E-state index contributed by atoms with van der Waals surface area (Å²) in [5, 5.41) is 3.48. The summed E-state index contributed by atoms with van der Waals surface area (Å²) in [4.78, 5) is 6.75. The van der Waals surface area contributed by atoms with Crippen molar-refractivity contribution in [1.29, 1.82) is 0 Å². The third-order valence-electron chi connectivity index (χ3n) is 5.59. The smallest absolute Gasteiger partial charge is 0.193 e. The molecule has 7 heteroatoms. The molecule has 1 fully saturated rings. The summed E-state index contributed by atoms with van der Waals surface area (Å²) >= 11 is 0. The molecule has 0 bridgehead atoms. The van der Waals surface area contributed by atoms with E-state index in [1.165, 1.54) is 11.1 Å². The normalized spacial score (nSPS) is 16.7. The summed E-state index contributed by atoms with van der Waals surface area (Å²) in [7, 11) is 6.76. The van der Waals surface area contributed by atoms with E-state index in [4.69, 9.17) is 18.9 Å². The van der Waals surface area contributed by atoms with Crippen molar-refractivity contribution in [2.45, 2.75) is 19.4 Å². The van der Waals surface area contributed by atoms with Gasteiger partial charge in [-0.1, -0.05) is 24.3 Å². The quantitative estimate of drug-likeness (QED) is 0.541. The highest BCUT2D eigenvalue weighted by Gasteiger charge is 2.25. The van der Waals surface area contributed by atoms with Crippen molar-refractivity contribution in [1.82, 2.24) is 10.2 Å². The van der Waals surface area contributed by atoms with Crippen LogP contribution in [0.4, 0.5) is 0 Å². The van der Waals surface area contributed by atoms with Crippen LogP contribution in [-0.2, 0) is 11.2 Å². The first-order valence-corrected chi connectivity index (χ1v) is 10.5. The van der Waals surface area contributed by atoms with Crippen LogP contribution < -0.4 is 19.5 Å².